The van der Waals surface area contributed by atoms with Gasteiger partial charge in [-0.05, 0) is 6.42 Å². The molecule has 0 atom stereocenters. The number of hydrogen-bond acceptors (Lipinski definition) is 4. The smallest absolute Gasteiger partial charge is 0.330 e. The summed E-state index contributed by atoms with van der Waals surface area (Å²) in [6, 6.07) is 6.25. The standard InChI is InChI=1S/C19H22N4O4/c1-4-5-6-10-22-12-15-16(18(24)21(3)19(25)20(15)2)17(22)13-8-7-9-14(11-13)23(26)27/h7-9,11-12H,4-6,10H2,1-3H3. The molecule has 0 saturated heterocycles. The molecule has 27 heavy (non-hydrogen) atoms. The fourth-order valence-electron chi connectivity index (χ4n) is 3.37. The van der Waals surface area contributed by atoms with Crippen molar-refractivity contribution in [1.29, 1.82) is 0 Å². The van der Waals surface area contributed by atoms with E-state index in [4.69, 9.17) is 0 Å². The van der Waals surface area contributed by atoms with Gasteiger partial charge in [0.25, 0.3) is 11.2 Å². The van der Waals surface area contributed by atoms with Crippen LogP contribution in [-0.2, 0) is 20.6 Å². The Labute approximate surface area is 155 Å². The highest BCUT2D eigenvalue weighted by molar-refractivity contribution is 5.94. The van der Waals surface area contributed by atoms with Gasteiger partial charge in [-0.2, -0.15) is 0 Å². The Balaban J connectivity index is 2.36. The number of nitrogens with zero attached hydrogens (tertiary/aromatic N) is 4. The molecule has 0 bridgehead atoms. The van der Waals surface area contributed by atoms with Gasteiger partial charge in [0, 0.05) is 44.5 Å². The van der Waals surface area contributed by atoms with E-state index in [9.17, 15) is 19.7 Å². The molecule has 0 saturated carbocycles. The number of benzene rings is 1. The van der Waals surface area contributed by atoms with E-state index >= 15 is 0 Å². The number of non-ortho nitro benzene ring substituents is 1. The van der Waals surface area contributed by atoms with Crippen LogP contribution in [0.1, 0.15) is 26.2 Å². The summed E-state index contributed by atoms with van der Waals surface area (Å²) >= 11 is 0. The Hall–Kier alpha value is -3.16. The predicted molar refractivity (Wildman–Crippen MR) is 104 cm³/mol. The quantitative estimate of drug-likeness (QED) is 0.379. The van der Waals surface area contributed by atoms with Crippen molar-refractivity contribution in [2.75, 3.05) is 0 Å². The van der Waals surface area contributed by atoms with E-state index in [1.165, 1.54) is 23.7 Å². The first-order valence-corrected chi connectivity index (χ1v) is 8.90. The van der Waals surface area contributed by atoms with Crippen LogP contribution in [-0.4, -0.2) is 18.6 Å². The highest BCUT2D eigenvalue weighted by atomic mass is 16.6. The molecule has 8 nitrogen and oxygen atoms in total. The average molecular weight is 370 g/mol. The second kappa shape index (κ2) is 7.22. The second-order valence-electron chi connectivity index (χ2n) is 6.65. The monoisotopic (exact) mass is 370 g/mol. The van der Waals surface area contributed by atoms with Crippen LogP contribution in [0.2, 0.25) is 0 Å². The van der Waals surface area contributed by atoms with Crippen LogP contribution < -0.4 is 11.2 Å². The zero-order chi connectivity index (χ0) is 19.7. The minimum absolute atomic E-state index is 0.0383. The van der Waals surface area contributed by atoms with Crippen LogP contribution >= 0.6 is 0 Å². The van der Waals surface area contributed by atoms with Crippen LogP contribution in [0.25, 0.3) is 22.2 Å². The molecule has 0 amide bonds. The molecule has 0 aliphatic carbocycles. The molecule has 0 N–H and O–H groups in total. The molecular weight excluding hydrogens is 348 g/mol. The lowest BCUT2D eigenvalue weighted by Crippen LogP contribution is -2.36. The third kappa shape index (κ3) is 3.18. The fraction of sp³-hybridized carbons (Fsp3) is 0.368. The Morgan fingerprint density at radius 1 is 1.11 bits per heavy atom. The van der Waals surface area contributed by atoms with E-state index in [1.807, 2.05) is 4.57 Å². The van der Waals surface area contributed by atoms with E-state index in [0.717, 1.165) is 23.8 Å². The summed E-state index contributed by atoms with van der Waals surface area (Å²) in [5.41, 5.74) is 0.893. The van der Waals surface area contributed by atoms with E-state index in [2.05, 4.69) is 6.92 Å². The molecule has 0 aliphatic heterocycles. The van der Waals surface area contributed by atoms with Gasteiger partial charge in [0.2, 0.25) is 0 Å². The van der Waals surface area contributed by atoms with Crippen molar-refractivity contribution < 1.29 is 4.92 Å². The van der Waals surface area contributed by atoms with E-state index in [-0.39, 0.29) is 5.69 Å². The maximum Gasteiger partial charge on any atom is 0.330 e. The van der Waals surface area contributed by atoms with Crippen LogP contribution in [0.5, 0.6) is 0 Å². The molecule has 0 unspecified atom stereocenters. The normalized spacial score (nSPS) is 11.2. The van der Waals surface area contributed by atoms with Crippen molar-refractivity contribution in [1.82, 2.24) is 13.7 Å². The second-order valence-corrected chi connectivity index (χ2v) is 6.65. The summed E-state index contributed by atoms with van der Waals surface area (Å²) in [6.45, 7) is 2.77. The fourth-order valence-corrected chi connectivity index (χ4v) is 3.37. The molecule has 0 radical (unpaired) electrons. The van der Waals surface area contributed by atoms with Gasteiger partial charge in [0.15, 0.2) is 0 Å². The number of aryl methyl sites for hydroxylation is 2. The van der Waals surface area contributed by atoms with Crippen LogP contribution in [0, 0.1) is 10.1 Å². The van der Waals surface area contributed by atoms with Gasteiger partial charge < -0.3 is 4.57 Å². The maximum absolute atomic E-state index is 12.9. The van der Waals surface area contributed by atoms with Crippen LogP contribution in [0.3, 0.4) is 0 Å². The molecule has 2 aromatic heterocycles. The van der Waals surface area contributed by atoms with Crippen molar-refractivity contribution in [3.05, 3.63) is 61.4 Å². The van der Waals surface area contributed by atoms with Crippen molar-refractivity contribution in [3.8, 4) is 11.3 Å². The van der Waals surface area contributed by atoms with Crippen LogP contribution in [0.4, 0.5) is 5.69 Å². The zero-order valence-electron chi connectivity index (χ0n) is 15.6. The lowest BCUT2D eigenvalue weighted by molar-refractivity contribution is -0.384. The molecule has 1 aromatic carbocycles. The van der Waals surface area contributed by atoms with Crippen molar-refractivity contribution in [2.24, 2.45) is 14.1 Å². The minimum atomic E-state index is -0.454. The lowest BCUT2D eigenvalue weighted by atomic mass is 10.1. The maximum atomic E-state index is 12.9. The summed E-state index contributed by atoms with van der Waals surface area (Å²) in [7, 11) is 3.06. The number of unbranched alkanes of at least 4 members (excludes halogenated alkanes) is 2. The van der Waals surface area contributed by atoms with Crippen molar-refractivity contribution in [2.45, 2.75) is 32.7 Å². The Morgan fingerprint density at radius 2 is 1.85 bits per heavy atom. The molecular formula is C19H22N4O4. The van der Waals surface area contributed by atoms with Gasteiger partial charge in [-0.15, -0.1) is 0 Å². The summed E-state index contributed by atoms with van der Waals surface area (Å²) in [6.07, 6.45) is 4.78. The number of rotatable bonds is 6. The highest BCUT2D eigenvalue weighted by Gasteiger charge is 2.20. The van der Waals surface area contributed by atoms with E-state index in [0.29, 0.717) is 28.7 Å². The summed E-state index contributed by atoms with van der Waals surface area (Å²) in [5, 5.41) is 11.6. The van der Waals surface area contributed by atoms with Gasteiger partial charge >= 0.3 is 5.69 Å². The molecule has 3 aromatic rings. The first-order chi connectivity index (χ1) is 12.9. The van der Waals surface area contributed by atoms with Gasteiger partial charge in [-0.25, -0.2) is 4.79 Å². The molecule has 0 spiro atoms. The number of nitro groups is 1. The Morgan fingerprint density at radius 3 is 2.52 bits per heavy atom. The molecule has 142 valence electrons. The summed E-state index contributed by atoms with van der Waals surface area (Å²) < 4.78 is 4.44. The van der Waals surface area contributed by atoms with E-state index in [1.54, 1.807) is 25.4 Å². The SMILES string of the molecule is CCCCCn1cc2c(c1-c1cccc([N+](=O)[O-])c1)c(=O)n(C)c(=O)n2C. The average Bonchev–Trinajstić information content (AvgIpc) is 3.04. The molecule has 8 heteroatoms. The molecule has 0 fully saturated rings. The highest BCUT2D eigenvalue weighted by Crippen LogP contribution is 2.30. The number of fused-ring (bicyclic) bond motifs is 1. The first kappa shape index (κ1) is 18.6. The Bertz CT molecular complexity index is 1140. The zero-order valence-corrected chi connectivity index (χ0v) is 15.6. The molecule has 2 heterocycles. The summed E-state index contributed by atoms with van der Waals surface area (Å²) in [5.74, 6) is 0. The third-order valence-corrected chi connectivity index (χ3v) is 4.84. The van der Waals surface area contributed by atoms with Crippen molar-refractivity contribution in [3.63, 3.8) is 0 Å². The lowest BCUT2D eigenvalue weighted by Gasteiger charge is -2.10. The van der Waals surface area contributed by atoms with Crippen LogP contribution in [0.15, 0.2) is 40.1 Å². The number of aromatic nitrogens is 3. The first-order valence-electron chi connectivity index (χ1n) is 8.90. The van der Waals surface area contributed by atoms with Crippen molar-refractivity contribution >= 4 is 16.6 Å². The van der Waals surface area contributed by atoms with Gasteiger partial charge in [0.1, 0.15) is 0 Å². The number of hydrogen-bond donors (Lipinski definition) is 0. The third-order valence-electron chi connectivity index (χ3n) is 4.84. The molecule has 3 rings (SSSR count). The number of nitro benzene ring substituents is 1. The predicted octanol–water partition coefficient (Wildman–Crippen LogP) is 2.80. The topological polar surface area (TPSA) is 92.1 Å². The largest absolute Gasteiger partial charge is 0.345 e. The molecule has 0 aliphatic rings. The Kier molecular flexibility index (Phi) is 4.98. The van der Waals surface area contributed by atoms with E-state index < -0.39 is 16.2 Å². The van der Waals surface area contributed by atoms with Gasteiger partial charge in [-0.1, -0.05) is 31.9 Å². The van der Waals surface area contributed by atoms with Gasteiger partial charge in [0.05, 0.1) is 21.5 Å². The minimum Gasteiger partial charge on any atom is -0.345 e. The van der Waals surface area contributed by atoms with Gasteiger partial charge in [-0.3, -0.25) is 24.0 Å². The summed E-state index contributed by atoms with van der Waals surface area (Å²) in [4.78, 5) is 35.9.